The van der Waals surface area contributed by atoms with Gasteiger partial charge in [-0.05, 0) is 42.5 Å². The van der Waals surface area contributed by atoms with Crippen LogP contribution in [0, 0.1) is 17.1 Å². The summed E-state index contributed by atoms with van der Waals surface area (Å²) in [6.07, 6.45) is -4.05. The fourth-order valence-electron chi connectivity index (χ4n) is 4.83. The maximum absolute atomic E-state index is 14.0. The third-order valence-electron chi connectivity index (χ3n) is 6.54. The summed E-state index contributed by atoms with van der Waals surface area (Å²) in [6.45, 7) is 0.397. The van der Waals surface area contributed by atoms with Crippen LogP contribution in [0.4, 0.5) is 17.6 Å². The highest BCUT2D eigenvalue weighted by atomic mass is 19.4. The van der Waals surface area contributed by atoms with E-state index in [0.29, 0.717) is 29.9 Å². The second-order valence-electron chi connectivity index (χ2n) is 8.46. The van der Waals surface area contributed by atoms with Gasteiger partial charge in [-0.3, -0.25) is 9.36 Å². The molecule has 5 rings (SSSR count). The average Bonchev–Trinajstić information content (AvgIpc) is 3.28. The van der Waals surface area contributed by atoms with Crippen molar-refractivity contribution >= 4 is 5.91 Å². The molecule has 3 heterocycles. The van der Waals surface area contributed by atoms with Crippen LogP contribution in [0.2, 0.25) is 0 Å². The maximum atomic E-state index is 14.0. The number of aromatic nitrogens is 1. The van der Waals surface area contributed by atoms with E-state index in [9.17, 15) is 27.6 Å². The molecule has 35 heavy (non-hydrogen) atoms. The number of nitrogens with zero attached hydrogens (tertiary/aromatic N) is 3. The molecule has 0 atom stereocenters. The van der Waals surface area contributed by atoms with Crippen molar-refractivity contribution in [3.8, 4) is 23.3 Å². The first-order valence-electron chi connectivity index (χ1n) is 10.8. The van der Waals surface area contributed by atoms with Gasteiger partial charge in [-0.15, -0.1) is 0 Å². The van der Waals surface area contributed by atoms with Gasteiger partial charge in [0.1, 0.15) is 29.1 Å². The van der Waals surface area contributed by atoms with Crippen LogP contribution in [0.5, 0.6) is 11.5 Å². The van der Waals surface area contributed by atoms with Gasteiger partial charge in [0.2, 0.25) is 0 Å². The summed E-state index contributed by atoms with van der Waals surface area (Å²) in [5, 5.41) is 9.58. The average molecular weight is 485 g/mol. The molecular formula is C25H19F4N3O3. The third kappa shape index (κ3) is 3.67. The lowest BCUT2D eigenvalue weighted by molar-refractivity contribution is -0.138. The van der Waals surface area contributed by atoms with Crippen molar-refractivity contribution in [1.82, 2.24) is 9.47 Å². The van der Waals surface area contributed by atoms with Crippen LogP contribution in [0.15, 0.2) is 48.5 Å². The number of carbonyl (C=O) groups excluding carboxylic acids is 1. The van der Waals surface area contributed by atoms with Crippen LogP contribution in [0.3, 0.4) is 0 Å². The number of nitriles is 1. The summed E-state index contributed by atoms with van der Waals surface area (Å²) in [5.74, 6) is -1.10. The molecule has 3 aromatic rings. The van der Waals surface area contributed by atoms with E-state index in [0.717, 1.165) is 19.2 Å². The van der Waals surface area contributed by atoms with Crippen molar-refractivity contribution in [2.75, 3.05) is 20.2 Å². The summed E-state index contributed by atoms with van der Waals surface area (Å²) in [4.78, 5) is 14.5. The third-order valence-corrected chi connectivity index (χ3v) is 6.54. The molecule has 2 aliphatic heterocycles. The van der Waals surface area contributed by atoms with E-state index in [4.69, 9.17) is 9.47 Å². The maximum Gasteiger partial charge on any atom is 0.419 e. The molecule has 0 saturated carbocycles. The molecule has 2 aromatic carbocycles. The van der Waals surface area contributed by atoms with Crippen LogP contribution in [0.25, 0.3) is 5.69 Å². The Morgan fingerprint density at radius 2 is 1.86 bits per heavy atom. The second-order valence-corrected chi connectivity index (χ2v) is 8.46. The molecule has 1 fully saturated rings. The van der Waals surface area contributed by atoms with E-state index in [1.165, 1.54) is 23.1 Å². The molecule has 0 N–H and O–H groups in total. The number of carbonyl (C=O) groups is 1. The highest BCUT2D eigenvalue weighted by Gasteiger charge is 2.46. The number of hydrogen-bond donors (Lipinski definition) is 0. The Balaban J connectivity index is 1.43. The molecule has 10 heteroatoms. The van der Waals surface area contributed by atoms with Gasteiger partial charge in [0, 0.05) is 37.6 Å². The van der Waals surface area contributed by atoms with Crippen LogP contribution < -0.4 is 9.47 Å². The van der Waals surface area contributed by atoms with Crippen LogP contribution >= 0.6 is 0 Å². The Morgan fingerprint density at radius 3 is 2.51 bits per heavy atom. The first kappa shape index (κ1) is 22.8. The highest BCUT2D eigenvalue weighted by molar-refractivity contribution is 5.94. The van der Waals surface area contributed by atoms with E-state index in [1.807, 2.05) is 0 Å². The quantitative estimate of drug-likeness (QED) is 0.477. The minimum Gasteiger partial charge on any atom is -0.496 e. The molecule has 180 valence electrons. The smallest absolute Gasteiger partial charge is 0.419 e. The number of amides is 1. The van der Waals surface area contributed by atoms with Gasteiger partial charge in [0.05, 0.1) is 24.1 Å². The number of fused-ring (bicyclic) bond motifs is 4. The number of halogens is 4. The van der Waals surface area contributed by atoms with Gasteiger partial charge >= 0.3 is 6.18 Å². The minimum absolute atomic E-state index is 0.0961. The zero-order chi connectivity index (χ0) is 25.0. The number of methoxy groups -OCH3 is 1. The van der Waals surface area contributed by atoms with Crippen LogP contribution in [-0.4, -0.2) is 35.6 Å². The number of benzene rings is 2. The van der Waals surface area contributed by atoms with Crippen molar-refractivity contribution in [2.24, 2.45) is 0 Å². The summed E-state index contributed by atoms with van der Waals surface area (Å²) in [6, 6.07) is 12.9. The number of likely N-dealkylation sites (tertiary alicyclic amines) is 1. The Kier molecular flexibility index (Phi) is 5.24. The van der Waals surface area contributed by atoms with Gasteiger partial charge in [-0.2, -0.15) is 18.4 Å². The number of piperidine rings is 1. The summed E-state index contributed by atoms with van der Waals surface area (Å²) < 4.78 is 67.0. The van der Waals surface area contributed by atoms with Crippen LogP contribution in [0.1, 0.15) is 40.2 Å². The molecule has 1 spiro atoms. The summed E-state index contributed by atoms with van der Waals surface area (Å²) in [7, 11) is 1.14. The fourth-order valence-corrected chi connectivity index (χ4v) is 4.83. The molecule has 0 unspecified atom stereocenters. The van der Waals surface area contributed by atoms with Gasteiger partial charge < -0.3 is 14.4 Å². The Bertz CT molecular complexity index is 1370. The van der Waals surface area contributed by atoms with E-state index >= 15 is 0 Å². The predicted molar refractivity (Wildman–Crippen MR) is 116 cm³/mol. The van der Waals surface area contributed by atoms with Crippen molar-refractivity contribution < 1.29 is 31.8 Å². The van der Waals surface area contributed by atoms with Gasteiger partial charge in [0.15, 0.2) is 5.60 Å². The first-order valence-corrected chi connectivity index (χ1v) is 10.8. The van der Waals surface area contributed by atoms with E-state index in [-0.39, 0.29) is 30.2 Å². The summed E-state index contributed by atoms with van der Waals surface area (Å²) in [5.41, 5.74) is -0.401. The summed E-state index contributed by atoms with van der Waals surface area (Å²) >= 11 is 0. The van der Waals surface area contributed by atoms with E-state index in [2.05, 4.69) is 6.07 Å². The first-order chi connectivity index (χ1) is 16.7. The minimum atomic E-state index is -4.67. The Hall–Kier alpha value is -4.00. The SMILES string of the molecule is COc1ccc(C(=O)N2CCC3(CC2)Oc2cc(F)ccc2-n2c(C#N)ccc23)cc1C(F)(F)F. The molecule has 2 aliphatic rings. The molecule has 0 bridgehead atoms. The largest absolute Gasteiger partial charge is 0.496 e. The fraction of sp³-hybridized carbons (Fsp3) is 0.280. The van der Waals surface area contributed by atoms with E-state index in [1.54, 1.807) is 22.8 Å². The molecule has 6 nitrogen and oxygen atoms in total. The van der Waals surface area contributed by atoms with E-state index < -0.39 is 29.1 Å². The van der Waals surface area contributed by atoms with Crippen molar-refractivity contribution in [2.45, 2.75) is 24.6 Å². The van der Waals surface area contributed by atoms with Gasteiger partial charge in [-0.1, -0.05) is 0 Å². The molecule has 1 aromatic heterocycles. The van der Waals surface area contributed by atoms with Crippen molar-refractivity contribution in [3.05, 3.63) is 76.9 Å². The molecule has 0 aliphatic carbocycles. The second kappa shape index (κ2) is 8.05. The zero-order valence-corrected chi connectivity index (χ0v) is 18.5. The Labute approximate surface area is 197 Å². The number of alkyl halides is 3. The van der Waals surface area contributed by atoms with Crippen molar-refractivity contribution in [1.29, 1.82) is 5.26 Å². The number of ether oxygens (including phenoxy) is 2. The topological polar surface area (TPSA) is 67.5 Å². The highest BCUT2D eigenvalue weighted by Crippen LogP contribution is 2.46. The lowest BCUT2D eigenvalue weighted by Gasteiger charge is -2.45. The number of rotatable bonds is 2. The normalized spacial score (nSPS) is 16.2. The Morgan fingerprint density at radius 1 is 1.11 bits per heavy atom. The molecule has 1 saturated heterocycles. The predicted octanol–water partition coefficient (Wildman–Crippen LogP) is 5.04. The lowest BCUT2D eigenvalue weighted by atomic mass is 9.86. The molecular weight excluding hydrogens is 466 g/mol. The van der Waals surface area contributed by atoms with Crippen molar-refractivity contribution in [3.63, 3.8) is 0 Å². The van der Waals surface area contributed by atoms with Gasteiger partial charge in [-0.25, -0.2) is 4.39 Å². The molecule has 0 radical (unpaired) electrons. The monoisotopic (exact) mass is 485 g/mol. The van der Waals surface area contributed by atoms with Gasteiger partial charge in [0.25, 0.3) is 5.91 Å². The molecule has 1 amide bonds. The van der Waals surface area contributed by atoms with Crippen LogP contribution in [-0.2, 0) is 11.8 Å². The lowest BCUT2D eigenvalue weighted by Crippen LogP contribution is -2.50. The standard InChI is InChI=1S/C25H19F4N3O3/c1-34-20-6-2-15(12-18(20)25(27,28)29)23(33)31-10-8-24(9-11-31)22-7-4-17(14-30)32(22)19-5-3-16(26)13-21(19)35-24/h2-7,12-13H,8-11H2,1H3. The zero-order valence-electron chi connectivity index (χ0n) is 18.5. The number of hydrogen-bond acceptors (Lipinski definition) is 4.